The van der Waals surface area contributed by atoms with Gasteiger partial charge in [0, 0.05) is 26.2 Å². The van der Waals surface area contributed by atoms with Crippen molar-refractivity contribution in [3.8, 4) is 0 Å². The summed E-state index contributed by atoms with van der Waals surface area (Å²) in [7, 11) is 0. The largest absolute Gasteiger partial charge is 0.481 e. The van der Waals surface area contributed by atoms with Crippen molar-refractivity contribution in [1.82, 2.24) is 9.80 Å². The minimum atomic E-state index is -0.805. The van der Waals surface area contributed by atoms with E-state index in [2.05, 4.69) is 6.92 Å². The molecule has 16 heavy (non-hydrogen) atoms. The summed E-state index contributed by atoms with van der Waals surface area (Å²) in [6.45, 7) is 6.20. The zero-order valence-corrected chi connectivity index (χ0v) is 9.98. The Hall–Kier alpha value is -1.26. The molecule has 92 valence electrons. The highest BCUT2D eigenvalue weighted by atomic mass is 16.4. The number of nitrogens with zero attached hydrogens (tertiary/aromatic N) is 2. The quantitative estimate of drug-likeness (QED) is 0.770. The van der Waals surface area contributed by atoms with Gasteiger partial charge in [-0.1, -0.05) is 13.3 Å². The van der Waals surface area contributed by atoms with Gasteiger partial charge in [0.25, 0.3) is 0 Å². The molecule has 1 heterocycles. The van der Waals surface area contributed by atoms with E-state index in [9.17, 15) is 9.59 Å². The summed E-state index contributed by atoms with van der Waals surface area (Å²) in [6.07, 6.45) is 2.05. The topological polar surface area (TPSA) is 60.9 Å². The maximum Gasteiger partial charge on any atom is 0.320 e. The Kier molecular flexibility index (Phi) is 4.58. The highest BCUT2D eigenvalue weighted by Crippen LogP contribution is 2.17. The molecular formula is C11H20N2O3. The number of hydrogen-bond donors (Lipinski definition) is 1. The highest BCUT2D eigenvalue weighted by Gasteiger charge is 2.36. The van der Waals surface area contributed by atoms with Crippen LogP contribution in [0.1, 0.15) is 26.7 Å². The van der Waals surface area contributed by atoms with Crippen molar-refractivity contribution in [3.05, 3.63) is 0 Å². The molecule has 0 aliphatic carbocycles. The lowest BCUT2D eigenvalue weighted by Gasteiger charge is -2.39. The van der Waals surface area contributed by atoms with Crippen molar-refractivity contribution in [2.45, 2.75) is 26.7 Å². The number of aliphatic carboxylic acids is 1. The van der Waals surface area contributed by atoms with Gasteiger partial charge in [0.05, 0.1) is 5.92 Å². The monoisotopic (exact) mass is 228 g/mol. The average Bonchev–Trinajstić information content (AvgIpc) is 2.16. The number of unbranched alkanes of at least 4 members (excludes halogenated alkanes) is 1. The van der Waals surface area contributed by atoms with Crippen molar-refractivity contribution in [2.75, 3.05) is 26.2 Å². The number of rotatable bonds is 5. The van der Waals surface area contributed by atoms with Crippen LogP contribution in [0.4, 0.5) is 4.79 Å². The van der Waals surface area contributed by atoms with Gasteiger partial charge < -0.3 is 14.9 Å². The van der Waals surface area contributed by atoms with Crippen molar-refractivity contribution < 1.29 is 14.7 Å². The van der Waals surface area contributed by atoms with Gasteiger partial charge in [-0.3, -0.25) is 4.79 Å². The molecule has 0 radical (unpaired) electrons. The number of carbonyl (C=O) groups is 2. The molecule has 1 fully saturated rings. The summed E-state index contributed by atoms with van der Waals surface area (Å²) in [5.41, 5.74) is 0. The number of carbonyl (C=O) groups excluding carboxylic acids is 1. The maximum absolute atomic E-state index is 11.9. The first kappa shape index (κ1) is 12.8. The van der Waals surface area contributed by atoms with E-state index in [4.69, 9.17) is 5.11 Å². The molecule has 0 spiro atoms. The van der Waals surface area contributed by atoms with Crippen LogP contribution in [0.25, 0.3) is 0 Å². The van der Waals surface area contributed by atoms with E-state index in [-0.39, 0.29) is 11.9 Å². The molecule has 1 N–H and O–H groups in total. The van der Waals surface area contributed by atoms with Crippen LogP contribution in [0.3, 0.4) is 0 Å². The minimum Gasteiger partial charge on any atom is -0.481 e. The van der Waals surface area contributed by atoms with Crippen molar-refractivity contribution >= 4 is 12.0 Å². The summed E-state index contributed by atoms with van der Waals surface area (Å²) in [5.74, 6) is -1.17. The van der Waals surface area contributed by atoms with Gasteiger partial charge in [0.2, 0.25) is 0 Å². The lowest BCUT2D eigenvalue weighted by atomic mass is 10.0. The zero-order valence-electron chi connectivity index (χ0n) is 9.98. The van der Waals surface area contributed by atoms with Crippen LogP contribution in [0.5, 0.6) is 0 Å². The molecule has 1 rings (SSSR count). The zero-order chi connectivity index (χ0) is 12.1. The van der Waals surface area contributed by atoms with Gasteiger partial charge in [-0.05, 0) is 13.3 Å². The molecule has 0 aromatic rings. The Morgan fingerprint density at radius 3 is 2.44 bits per heavy atom. The normalized spacial score (nSPS) is 15.8. The molecule has 1 aliphatic rings. The molecule has 0 saturated carbocycles. The summed E-state index contributed by atoms with van der Waals surface area (Å²) in [6, 6.07) is -0.0200. The fourth-order valence-corrected chi connectivity index (χ4v) is 1.73. The molecule has 0 atom stereocenters. The van der Waals surface area contributed by atoms with Gasteiger partial charge in [-0.2, -0.15) is 0 Å². The summed E-state index contributed by atoms with van der Waals surface area (Å²) >= 11 is 0. The lowest BCUT2D eigenvalue weighted by Crippen LogP contribution is -2.57. The molecule has 1 saturated heterocycles. The van der Waals surface area contributed by atoms with E-state index in [1.165, 1.54) is 0 Å². The number of carboxylic acid groups (broad SMARTS) is 1. The lowest BCUT2D eigenvalue weighted by molar-refractivity contribution is -0.146. The SMILES string of the molecule is CCCCN(CC)C(=O)N1CC(C(=O)O)C1. The number of likely N-dealkylation sites (tertiary alicyclic amines) is 1. The predicted molar refractivity (Wildman–Crippen MR) is 60.2 cm³/mol. The second-order valence-corrected chi connectivity index (χ2v) is 4.16. The van der Waals surface area contributed by atoms with Crippen LogP contribution < -0.4 is 0 Å². The van der Waals surface area contributed by atoms with E-state index in [1.807, 2.05) is 6.92 Å². The number of amides is 2. The fraction of sp³-hybridized carbons (Fsp3) is 0.818. The Bertz CT molecular complexity index is 262. The molecular weight excluding hydrogens is 208 g/mol. The molecule has 0 aromatic heterocycles. The number of urea groups is 1. The van der Waals surface area contributed by atoms with E-state index in [0.717, 1.165) is 19.4 Å². The Morgan fingerprint density at radius 2 is 2.00 bits per heavy atom. The van der Waals surface area contributed by atoms with Crippen LogP contribution >= 0.6 is 0 Å². The maximum atomic E-state index is 11.9. The Morgan fingerprint density at radius 1 is 1.38 bits per heavy atom. The Labute approximate surface area is 96.0 Å². The van der Waals surface area contributed by atoms with Gasteiger partial charge in [-0.15, -0.1) is 0 Å². The van der Waals surface area contributed by atoms with Crippen molar-refractivity contribution in [3.63, 3.8) is 0 Å². The number of carboxylic acids is 1. The minimum absolute atomic E-state index is 0.0200. The third-order valence-corrected chi connectivity index (χ3v) is 2.94. The number of hydrogen-bond acceptors (Lipinski definition) is 2. The standard InChI is InChI=1S/C11H20N2O3/c1-3-5-6-12(4-2)11(16)13-7-9(8-13)10(14)15/h9H,3-8H2,1-2H3,(H,14,15). The molecule has 0 bridgehead atoms. The first-order valence-electron chi connectivity index (χ1n) is 5.86. The predicted octanol–water partition coefficient (Wildman–Crippen LogP) is 1.24. The van der Waals surface area contributed by atoms with Crippen molar-refractivity contribution in [2.24, 2.45) is 5.92 Å². The summed E-state index contributed by atoms with van der Waals surface area (Å²) in [5, 5.41) is 8.72. The molecule has 2 amide bonds. The van der Waals surface area contributed by atoms with Crippen LogP contribution in [-0.2, 0) is 4.79 Å². The summed E-state index contributed by atoms with van der Waals surface area (Å²) < 4.78 is 0. The second kappa shape index (κ2) is 5.72. The van der Waals surface area contributed by atoms with Gasteiger partial charge >= 0.3 is 12.0 Å². The second-order valence-electron chi connectivity index (χ2n) is 4.16. The van der Waals surface area contributed by atoms with Crippen LogP contribution in [-0.4, -0.2) is 53.1 Å². The van der Waals surface area contributed by atoms with Gasteiger partial charge in [0.15, 0.2) is 0 Å². The smallest absolute Gasteiger partial charge is 0.320 e. The molecule has 0 aromatic carbocycles. The highest BCUT2D eigenvalue weighted by molar-refractivity contribution is 5.79. The first-order valence-corrected chi connectivity index (χ1v) is 5.86. The van der Waals surface area contributed by atoms with Gasteiger partial charge in [0.1, 0.15) is 0 Å². The average molecular weight is 228 g/mol. The fourth-order valence-electron chi connectivity index (χ4n) is 1.73. The van der Waals surface area contributed by atoms with Gasteiger partial charge in [-0.25, -0.2) is 4.79 Å². The van der Waals surface area contributed by atoms with Crippen molar-refractivity contribution in [1.29, 1.82) is 0 Å². The van der Waals surface area contributed by atoms with E-state index < -0.39 is 5.97 Å². The van der Waals surface area contributed by atoms with Crippen LogP contribution in [0, 0.1) is 5.92 Å². The molecule has 5 nitrogen and oxygen atoms in total. The third kappa shape index (κ3) is 2.87. The molecule has 1 aliphatic heterocycles. The van der Waals surface area contributed by atoms with E-state index in [1.54, 1.807) is 9.80 Å². The first-order chi connectivity index (χ1) is 7.60. The van der Waals surface area contributed by atoms with E-state index >= 15 is 0 Å². The molecule has 0 unspecified atom stereocenters. The third-order valence-electron chi connectivity index (χ3n) is 2.94. The Balaban J connectivity index is 2.36. The van der Waals surface area contributed by atoms with E-state index in [0.29, 0.717) is 19.6 Å². The molecule has 5 heteroatoms. The van der Waals surface area contributed by atoms with Crippen LogP contribution in [0.2, 0.25) is 0 Å². The van der Waals surface area contributed by atoms with Crippen LogP contribution in [0.15, 0.2) is 0 Å². The summed E-state index contributed by atoms with van der Waals surface area (Å²) in [4.78, 5) is 25.9.